The Morgan fingerprint density at radius 1 is 0.899 bits per heavy atom. The minimum atomic E-state index is -3.98. The highest BCUT2D eigenvalue weighted by atomic mass is 16.8. The maximum Gasteiger partial charge on any atom is 0.354 e. The zero-order valence-electron chi connectivity index (χ0n) is 41.9. The number of rotatable bonds is 8. The highest BCUT2D eigenvalue weighted by Gasteiger charge is 2.78. The van der Waals surface area contributed by atoms with Gasteiger partial charge in [0.05, 0.1) is 12.6 Å². The molecular formula is C55H55N3O21. The lowest BCUT2D eigenvalue weighted by atomic mass is 9.67. The number of nitrogens with one attached hydrogen (secondary N) is 3. The third-order valence-electron chi connectivity index (χ3n) is 16.3. The van der Waals surface area contributed by atoms with Gasteiger partial charge in [0.1, 0.15) is 46.0 Å². The third kappa shape index (κ3) is 7.82. The summed E-state index contributed by atoms with van der Waals surface area (Å²) in [6, 6.07) is 6.21. The average molecular weight is 1090 g/mol. The number of aliphatic hydroxyl groups is 9. The molecule has 416 valence electrons. The molecule has 4 bridgehead atoms. The standard InChI is InChI=1S/C55H55N3O21/c1-25-6-13-57-47-31(25)18-29(24-58-47)32-20-30-21-33-26(7-14-56-33)5-2-9-50(72)43(65)45(67)54(30,76-38-23-37-40(42(64)39(32)38)34(61)22-36(75-37)28-17-27(8-16-60)41(63)35(62)19-28)79-52(50)11-3-10-51(48(69)70)55(73,74)46(68)44(66)53(78-51,12-4-15-59)77-49(52)71/h7,14,17-20,22-25,32,43-47,56-60,62-68,72-74H,4,6,8-9,11-13,15-16,21H2,1H3,(H,69,70)/t25-,32+,43-,44-,45-,46-,47?,50+,51-,52-,53+,54+/m1/s1. The quantitative estimate of drug-likeness (QED) is 0.0324. The van der Waals surface area contributed by atoms with Crippen molar-refractivity contribution in [3.8, 4) is 58.0 Å². The number of fused-ring (bicyclic) bond motifs is 7. The monoisotopic (exact) mass is 1090 g/mol. The van der Waals surface area contributed by atoms with Crippen LogP contribution in [0.15, 0.2) is 80.8 Å². The number of phenols is 3. The van der Waals surface area contributed by atoms with Gasteiger partial charge in [0.2, 0.25) is 17.2 Å². The lowest BCUT2D eigenvalue weighted by Gasteiger charge is -2.58. The van der Waals surface area contributed by atoms with E-state index in [1.165, 1.54) is 12.1 Å². The SMILES string of the molecule is C[C@@H]1CCNC2NC=C([C@@H]3C=C4Cc5[nH]ccc5C#CC[C@]5(O)[C@H](O)[C@@H](O)[C@@]4(Oc4cc6oc(-c7cc(O)c(O)c(CCO)c7)cc(=O)c6c(O)c43)O[C@@]53CC#C[C@]4(C(=O)O)O[C@](CCCO)(OC3=O)[C@H](O)[C@@H](O)C4(O)O)C=C21. The van der Waals surface area contributed by atoms with Crippen LogP contribution in [0.25, 0.3) is 22.3 Å². The zero-order chi connectivity index (χ0) is 56.4. The van der Waals surface area contributed by atoms with Crippen LogP contribution in [0, 0.1) is 29.6 Å². The number of esters is 1. The molecule has 24 nitrogen and oxygen atoms in total. The molecular weight excluding hydrogens is 1040 g/mol. The molecule has 3 fully saturated rings. The third-order valence-corrected chi connectivity index (χ3v) is 16.3. The minimum absolute atomic E-state index is 0.00541. The second kappa shape index (κ2) is 18.9. The lowest BCUT2D eigenvalue weighted by Crippen LogP contribution is -2.81. The van der Waals surface area contributed by atoms with E-state index in [1.54, 1.807) is 18.5 Å². The molecule has 12 atom stereocenters. The van der Waals surface area contributed by atoms with E-state index in [0.717, 1.165) is 30.2 Å². The minimum Gasteiger partial charge on any atom is -0.507 e. The van der Waals surface area contributed by atoms with Crippen LogP contribution in [0.2, 0.25) is 0 Å². The van der Waals surface area contributed by atoms with Gasteiger partial charge in [-0.1, -0.05) is 36.8 Å². The zero-order valence-corrected chi connectivity index (χ0v) is 41.9. The Labute approximate surface area is 447 Å². The Morgan fingerprint density at radius 2 is 1.68 bits per heavy atom. The Bertz CT molecular complexity index is 3520. The van der Waals surface area contributed by atoms with Crippen molar-refractivity contribution >= 4 is 22.9 Å². The lowest BCUT2D eigenvalue weighted by molar-refractivity contribution is -0.432. The molecule has 1 unspecified atom stereocenters. The Balaban J connectivity index is 1.21. The molecule has 79 heavy (non-hydrogen) atoms. The van der Waals surface area contributed by atoms with E-state index in [2.05, 4.69) is 39.3 Å². The van der Waals surface area contributed by atoms with Gasteiger partial charge in [-0.05, 0) is 67.0 Å². The molecule has 0 amide bonds. The van der Waals surface area contributed by atoms with Crippen LogP contribution in [-0.2, 0) is 36.6 Å². The van der Waals surface area contributed by atoms with E-state index in [4.69, 9.17) is 23.4 Å². The van der Waals surface area contributed by atoms with Gasteiger partial charge >= 0.3 is 11.9 Å². The summed E-state index contributed by atoms with van der Waals surface area (Å²) in [5, 5.41) is 156. The fourth-order valence-electron chi connectivity index (χ4n) is 12.0. The summed E-state index contributed by atoms with van der Waals surface area (Å²) in [6.45, 7) is 1.51. The second-order valence-electron chi connectivity index (χ2n) is 20.9. The van der Waals surface area contributed by atoms with Gasteiger partial charge < -0.3 is 100 Å². The van der Waals surface area contributed by atoms with Gasteiger partial charge in [0.15, 0.2) is 29.1 Å². The Morgan fingerprint density at radius 3 is 2.43 bits per heavy atom. The van der Waals surface area contributed by atoms with Crippen molar-refractivity contribution in [3.05, 3.63) is 104 Å². The fourth-order valence-corrected chi connectivity index (χ4v) is 12.0. The molecule has 7 aliphatic heterocycles. The first-order valence-corrected chi connectivity index (χ1v) is 25.4. The number of carbonyl (C=O) groups is 2. The number of piperidine rings is 1. The summed E-state index contributed by atoms with van der Waals surface area (Å²) < 4.78 is 31.9. The van der Waals surface area contributed by atoms with Crippen molar-refractivity contribution in [2.24, 2.45) is 5.92 Å². The highest BCUT2D eigenvalue weighted by Crippen LogP contribution is 2.57. The molecule has 1 aliphatic carbocycles. The molecule has 0 radical (unpaired) electrons. The number of carboxylic acid groups (broad SMARTS) is 1. The van der Waals surface area contributed by atoms with Crippen molar-refractivity contribution < 1.29 is 99.3 Å². The number of benzene rings is 2. The molecule has 12 rings (SSSR count). The number of ether oxygens (including phenoxy) is 4. The number of hydrogen-bond acceptors (Lipinski definition) is 22. The van der Waals surface area contributed by atoms with Gasteiger partial charge in [0.25, 0.3) is 11.4 Å². The smallest absolute Gasteiger partial charge is 0.354 e. The molecule has 3 saturated heterocycles. The Hall–Kier alpha value is -7.27. The molecule has 8 aliphatic rings. The van der Waals surface area contributed by atoms with E-state index < -0.39 is 155 Å². The first kappa shape index (κ1) is 53.7. The van der Waals surface area contributed by atoms with Gasteiger partial charge in [0, 0.05) is 96.4 Å². The first-order valence-electron chi connectivity index (χ1n) is 25.4. The van der Waals surface area contributed by atoms with Crippen LogP contribution in [0.5, 0.6) is 23.0 Å². The van der Waals surface area contributed by atoms with Crippen molar-refractivity contribution in [3.63, 3.8) is 0 Å². The topological polar surface area (TPSA) is 404 Å². The van der Waals surface area contributed by atoms with Crippen LogP contribution in [0.4, 0.5) is 0 Å². The number of allylic oxidation sites excluding steroid dienone is 3. The number of H-pyrrole nitrogens is 1. The summed E-state index contributed by atoms with van der Waals surface area (Å²) in [6.07, 6.45) is -8.10. The Kier molecular flexibility index (Phi) is 12.9. The predicted molar refractivity (Wildman–Crippen MR) is 268 cm³/mol. The molecule has 9 heterocycles. The van der Waals surface area contributed by atoms with Gasteiger partial charge in [-0.3, -0.25) is 10.1 Å². The van der Waals surface area contributed by atoms with Crippen LogP contribution in [0.3, 0.4) is 0 Å². The van der Waals surface area contributed by atoms with E-state index in [1.807, 2.05) is 13.0 Å². The van der Waals surface area contributed by atoms with Crippen molar-refractivity contribution in [1.29, 1.82) is 0 Å². The molecule has 2 aromatic carbocycles. The summed E-state index contributed by atoms with van der Waals surface area (Å²) in [5.74, 6) is -8.11. The van der Waals surface area contributed by atoms with E-state index >= 15 is 4.79 Å². The largest absolute Gasteiger partial charge is 0.507 e. The normalized spacial score (nSPS) is 34.1. The summed E-state index contributed by atoms with van der Waals surface area (Å²) >= 11 is 0. The number of aliphatic hydroxyl groups excluding tert-OH is 6. The number of aliphatic carboxylic acids is 1. The predicted octanol–water partition coefficient (Wildman–Crippen LogP) is -1.20. The van der Waals surface area contributed by atoms with E-state index in [-0.39, 0.29) is 52.9 Å². The number of carbonyl (C=O) groups excluding carboxylic acids is 1. The molecule has 24 heteroatoms. The second-order valence-corrected chi connectivity index (χ2v) is 20.9. The molecule has 0 saturated carbocycles. The molecule has 2 spiro atoms. The number of phenolic OH excluding ortho intramolecular Hbond substituents is 3. The number of aromatic nitrogens is 1. The number of carboxylic acids is 1. The van der Waals surface area contributed by atoms with E-state index in [9.17, 15) is 76.0 Å². The number of dihydropyridines is 1. The average Bonchev–Trinajstić information content (AvgIpc) is 3.44. The molecule has 16 N–H and O–H groups in total. The highest BCUT2D eigenvalue weighted by molar-refractivity contribution is 5.90. The van der Waals surface area contributed by atoms with Crippen LogP contribution >= 0.6 is 0 Å². The summed E-state index contributed by atoms with van der Waals surface area (Å²) in [4.78, 5) is 46.6. The van der Waals surface area contributed by atoms with Crippen LogP contribution < -0.4 is 20.8 Å². The van der Waals surface area contributed by atoms with Crippen LogP contribution in [0.1, 0.15) is 67.3 Å². The summed E-state index contributed by atoms with van der Waals surface area (Å²) in [5.41, 5.74) is -9.75. The van der Waals surface area contributed by atoms with Gasteiger partial charge in [-0.15, -0.1) is 0 Å². The first-order chi connectivity index (χ1) is 37.5. The molecule has 4 aromatic rings. The summed E-state index contributed by atoms with van der Waals surface area (Å²) in [7, 11) is 0. The maximum atomic E-state index is 15.8. The number of aromatic amines is 1. The number of aromatic hydroxyl groups is 3. The van der Waals surface area contributed by atoms with Gasteiger partial charge in [-0.2, -0.15) is 0 Å². The van der Waals surface area contributed by atoms with Crippen molar-refractivity contribution in [2.45, 2.75) is 123 Å². The molecule has 2 aromatic heterocycles. The fraction of sp³-hybridized carbons (Fsp3) is 0.436. The van der Waals surface area contributed by atoms with Crippen molar-refractivity contribution in [2.75, 3.05) is 19.8 Å². The van der Waals surface area contributed by atoms with Crippen molar-refractivity contribution in [1.82, 2.24) is 15.6 Å². The van der Waals surface area contributed by atoms with E-state index in [0.29, 0.717) is 23.4 Å². The van der Waals surface area contributed by atoms with Gasteiger partial charge in [-0.25, -0.2) is 9.59 Å². The maximum absolute atomic E-state index is 15.8. The number of hydrogen-bond donors (Lipinski definition) is 16. The van der Waals surface area contributed by atoms with Crippen LogP contribution in [-0.4, -0.2) is 168 Å².